The van der Waals surface area contributed by atoms with Gasteiger partial charge in [-0.05, 0) is 56.9 Å². The molecule has 0 atom stereocenters. The first-order chi connectivity index (χ1) is 18.5. The van der Waals surface area contributed by atoms with E-state index in [1.807, 2.05) is 0 Å². The second kappa shape index (κ2) is 11.9. The highest BCUT2D eigenvalue weighted by atomic mass is 35.5. The first-order valence-electron chi connectivity index (χ1n) is 12.8. The summed E-state index contributed by atoms with van der Waals surface area (Å²) in [6.07, 6.45) is 2.60. The predicted octanol–water partition coefficient (Wildman–Crippen LogP) is 4.32. The summed E-state index contributed by atoms with van der Waals surface area (Å²) in [5.41, 5.74) is 1.53. The number of carbonyl (C=O) groups is 4. The van der Waals surface area contributed by atoms with Crippen LogP contribution in [0.4, 0.5) is 10.1 Å². The Morgan fingerprint density at radius 3 is 2.56 bits per heavy atom. The van der Waals surface area contributed by atoms with Gasteiger partial charge >= 0.3 is 0 Å². The molecule has 11 heteroatoms. The first kappa shape index (κ1) is 28.2. The summed E-state index contributed by atoms with van der Waals surface area (Å²) in [4.78, 5) is 51.9. The fraction of sp³-hybridized carbons (Fsp3) is 0.393. The molecule has 3 amide bonds. The Bertz CT molecular complexity index is 1430. The summed E-state index contributed by atoms with van der Waals surface area (Å²) in [7, 11) is 0. The van der Waals surface area contributed by atoms with Crippen molar-refractivity contribution in [1.82, 2.24) is 20.0 Å². The lowest BCUT2D eigenvalue weighted by Gasteiger charge is -2.26. The predicted molar refractivity (Wildman–Crippen MR) is 146 cm³/mol. The molecule has 0 bridgehead atoms. The Kier molecular flexibility index (Phi) is 8.64. The van der Waals surface area contributed by atoms with Crippen LogP contribution in [0.3, 0.4) is 0 Å². The number of benzene rings is 2. The van der Waals surface area contributed by atoms with Crippen molar-refractivity contribution in [1.29, 1.82) is 0 Å². The van der Waals surface area contributed by atoms with Gasteiger partial charge in [-0.1, -0.05) is 23.7 Å². The van der Waals surface area contributed by atoms with Crippen LogP contribution in [-0.2, 0) is 27.5 Å². The number of ketones is 1. The molecular formula is C28H31ClFN5O4. The van der Waals surface area contributed by atoms with Crippen molar-refractivity contribution in [2.75, 3.05) is 11.9 Å². The third kappa shape index (κ3) is 7.00. The van der Waals surface area contributed by atoms with Crippen LogP contribution in [-0.4, -0.2) is 50.8 Å². The Labute approximate surface area is 230 Å². The van der Waals surface area contributed by atoms with Gasteiger partial charge < -0.3 is 15.5 Å². The fourth-order valence-corrected chi connectivity index (χ4v) is 4.49. The van der Waals surface area contributed by atoms with E-state index in [1.54, 1.807) is 38.1 Å². The Balaban J connectivity index is 1.46. The molecule has 2 aromatic carbocycles. The van der Waals surface area contributed by atoms with Crippen LogP contribution in [0.15, 0.2) is 36.4 Å². The van der Waals surface area contributed by atoms with Crippen molar-refractivity contribution in [2.24, 2.45) is 5.92 Å². The number of anilines is 1. The number of halogens is 2. The number of Topliss-reactive ketones (excluding diaryl/α,β-unsaturated/α-hetero) is 1. The molecule has 2 N–H and O–H groups in total. The molecule has 1 aromatic heterocycles. The van der Waals surface area contributed by atoms with E-state index in [1.165, 1.54) is 28.6 Å². The molecule has 1 aliphatic carbocycles. The Morgan fingerprint density at radius 2 is 1.90 bits per heavy atom. The van der Waals surface area contributed by atoms with Gasteiger partial charge in [0.15, 0.2) is 5.78 Å². The topological polar surface area (TPSA) is 113 Å². The lowest BCUT2D eigenvalue weighted by Crippen LogP contribution is -2.45. The normalized spacial score (nSPS) is 13.0. The maximum atomic E-state index is 14.1. The zero-order chi connectivity index (χ0) is 28.3. The summed E-state index contributed by atoms with van der Waals surface area (Å²) in [6.45, 7) is 4.43. The Morgan fingerprint density at radius 1 is 1.15 bits per heavy atom. The molecule has 0 radical (unpaired) electrons. The second-order valence-corrected chi connectivity index (χ2v) is 10.5. The minimum absolute atomic E-state index is 0.0372. The van der Waals surface area contributed by atoms with Crippen LogP contribution in [0.25, 0.3) is 10.9 Å². The number of rotatable bonds is 11. The van der Waals surface area contributed by atoms with Gasteiger partial charge in [0.2, 0.25) is 17.7 Å². The van der Waals surface area contributed by atoms with E-state index in [0.29, 0.717) is 28.9 Å². The number of nitrogens with one attached hydrogen (secondary N) is 2. The highest BCUT2D eigenvalue weighted by Crippen LogP contribution is 2.33. The van der Waals surface area contributed by atoms with Crippen molar-refractivity contribution >= 4 is 51.7 Å². The van der Waals surface area contributed by atoms with Gasteiger partial charge in [0.1, 0.15) is 18.1 Å². The molecular weight excluding hydrogens is 525 g/mol. The summed E-state index contributed by atoms with van der Waals surface area (Å²) in [5, 5.41) is 10.4. The molecule has 4 rings (SSSR count). The molecule has 0 unspecified atom stereocenters. The van der Waals surface area contributed by atoms with Gasteiger partial charge in [0.25, 0.3) is 0 Å². The quantitative estimate of drug-likeness (QED) is 0.342. The average Bonchev–Trinajstić information content (AvgIpc) is 3.62. The summed E-state index contributed by atoms with van der Waals surface area (Å²) >= 11 is 5.80. The molecule has 39 heavy (non-hydrogen) atoms. The molecule has 1 saturated carbocycles. The van der Waals surface area contributed by atoms with Crippen molar-refractivity contribution < 1.29 is 23.6 Å². The highest BCUT2D eigenvalue weighted by molar-refractivity contribution is 6.30. The number of hydrogen-bond acceptors (Lipinski definition) is 5. The van der Waals surface area contributed by atoms with Crippen molar-refractivity contribution in [3.8, 4) is 0 Å². The molecule has 0 spiro atoms. The molecule has 0 saturated heterocycles. The molecule has 206 valence electrons. The maximum Gasteiger partial charge on any atom is 0.245 e. The smallest absolute Gasteiger partial charge is 0.245 e. The number of hydrogen-bond donors (Lipinski definition) is 2. The van der Waals surface area contributed by atoms with E-state index < -0.39 is 11.7 Å². The first-order valence-corrected chi connectivity index (χ1v) is 13.2. The van der Waals surface area contributed by atoms with Crippen LogP contribution >= 0.6 is 11.6 Å². The molecule has 0 aliphatic heterocycles. The van der Waals surface area contributed by atoms with Gasteiger partial charge in [-0.3, -0.25) is 23.9 Å². The SMILES string of the molecule is CC(=O)c1nn(CC(=O)N(CC(=O)NCc2cccc(Cl)c2F)C(C)C)c2ccc(NC(=O)CC3CC3)cc12. The monoisotopic (exact) mass is 555 g/mol. The van der Waals surface area contributed by atoms with Crippen molar-refractivity contribution in [2.45, 2.75) is 59.2 Å². The van der Waals surface area contributed by atoms with Gasteiger partial charge in [0, 0.05) is 42.6 Å². The van der Waals surface area contributed by atoms with Gasteiger partial charge in [-0.15, -0.1) is 0 Å². The van der Waals surface area contributed by atoms with Gasteiger partial charge in [-0.25, -0.2) is 4.39 Å². The number of carbonyl (C=O) groups excluding carboxylic acids is 4. The molecule has 1 fully saturated rings. The number of nitrogens with zero attached hydrogens (tertiary/aromatic N) is 3. The summed E-state index contributed by atoms with van der Waals surface area (Å²) in [6, 6.07) is 9.33. The van der Waals surface area contributed by atoms with E-state index in [0.717, 1.165) is 12.8 Å². The highest BCUT2D eigenvalue weighted by Gasteiger charge is 2.25. The maximum absolute atomic E-state index is 14.1. The molecule has 3 aromatic rings. The molecule has 9 nitrogen and oxygen atoms in total. The molecule has 1 aliphatic rings. The van der Waals surface area contributed by atoms with Crippen LogP contribution in [0.2, 0.25) is 5.02 Å². The number of fused-ring (bicyclic) bond motifs is 1. The van der Waals surface area contributed by atoms with Crippen molar-refractivity contribution in [3.05, 3.63) is 58.5 Å². The summed E-state index contributed by atoms with van der Waals surface area (Å²) in [5.74, 6) is -1.35. The summed E-state index contributed by atoms with van der Waals surface area (Å²) < 4.78 is 15.6. The van der Waals surface area contributed by atoms with E-state index in [9.17, 15) is 23.6 Å². The largest absolute Gasteiger partial charge is 0.350 e. The minimum atomic E-state index is -0.603. The number of amides is 3. The van der Waals surface area contributed by atoms with Crippen LogP contribution in [0.1, 0.15) is 56.1 Å². The van der Waals surface area contributed by atoms with E-state index in [2.05, 4.69) is 15.7 Å². The second-order valence-electron chi connectivity index (χ2n) is 10.1. The zero-order valence-electron chi connectivity index (χ0n) is 22.1. The third-order valence-electron chi connectivity index (χ3n) is 6.59. The fourth-order valence-electron chi connectivity index (χ4n) is 4.30. The number of aromatic nitrogens is 2. The van der Waals surface area contributed by atoms with Gasteiger partial charge in [-0.2, -0.15) is 5.10 Å². The van der Waals surface area contributed by atoms with Crippen LogP contribution in [0.5, 0.6) is 0 Å². The lowest BCUT2D eigenvalue weighted by atomic mass is 10.1. The van der Waals surface area contributed by atoms with E-state index >= 15 is 0 Å². The Hall–Kier alpha value is -3.79. The van der Waals surface area contributed by atoms with Crippen LogP contribution < -0.4 is 10.6 Å². The lowest BCUT2D eigenvalue weighted by molar-refractivity contribution is -0.138. The third-order valence-corrected chi connectivity index (χ3v) is 6.88. The van der Waals surface area contributed by atoms with Crippen molar-refractivity contribution in [3.63, 3.8) is 0 Å². The minimum Gasteiger partial charge on any atom is -0.350 e. The van der Waals surface area contributed by atoms with Crippen LogP contribution in [0, 0.1) is 11.7 Å². The average molecular weight is 556 g/mol. The standard InChI is InChI=1S/C28H31ClFN5O4/c1-16(2)34(14-25(38)31-13-19-5-4-6-22(29)27(19)30)26(39)15-35-23-10-9-20(32-24(37)11-18-7-8-18)12-21(23)28(33-35)17(3)36/h4-6,9-10,12,16,18H,7-8,11,13-15H2,1-3H3,(H,31,38)(H,32,37). The van der Waals surface area contributed by atoms with Gasteiger partial charge in [0.05, 0.1) is 17.1 Å². The molecule has 1 heterocycles. The van der Waals surface area contributed by atoms with E-state index in [-0.39, 0.29) is 59.6 Å². The zero-order valence-corrected chi connectivity index (χ0v) is 22.8. The van der Waals surface area contributed by atoms with E-state index in [4.69, 9.17) is 11.6 Å².